The van der Waals surface area contributed by atoms with Crippen molar-refractivity contribution in [1.82, 2.24) is 24.5 Å². The predicted molar refractivity (Wildman–Crippen MR) is 121 cm³/mol. The van der Waals surface area contributed by atoms with Gasteiger partial charge in [-0.2, -0.15) is 14.6 Å². The number of para-hydroxylation sites is 1. The van der Waals surface area contributed by atoms with Gasteiger partial charge in [0.2, 0.25) is 0 Å². The summed E-state index contributed by atoms with van der Waals surface area (Å²) >= 11 is 1.67. The highest BCUT2D eigenvalue weighted by Gasteiger charge is 2.16. The van der Waals surface area contributed by atoms with Crippen molar-refractivity contribution < 1.29 is 0 Å². The number of benzene rings is 2. The van der Waals surface area contributed by atoms with Crippen molar-refractivity contribution in [3.05, 3.63) is 65.0 Å². The first-order chi connectivity index (χ1) is 14.8. The van der Waals surface area contributed by atoms with Gasteiger partial charge in [-0.3, -0.25) is 4.79 Å². The maximum absolute atomic E-state index is 12.8. The van der Waals surface area contributed by atoms with Crippen molar-refractivity contribution in [2.24, 2.45) is 0 Å². The molecule has 0 spiro atoms. The smallest absolute Gasteiger partial charge is 0.300 e. The van der Waals surface area contributed by atoms with Crippen LogP contribution >= 0.6 is 11.8 Å². The molecule has 0 saturated carbocycles. The van der Waals surface area contributed by atoms with Crippen LogP contribution in [0.1, 0.15) is 19.3 Å². The lowest BCUT2D eigenvalue weighted by atomic mass is 10.1. The van der Waals surface area contributed by atoms with Crippen molar-refractivity contribution in [3.8, 4) is 11.3 Å². The molecule has 0 radical (unpaired) electrons. The Balaban J connectivity index is 1.57. The molecule has 1 saturated heterocycles. The second kappa shape index (κ2) is 8.53. The van der Waals surface area contributed by atoms with Gasteiger partial charge in [0.05, 0.1) is 5.52 Å². The second-order valence-corrected chi connectivity index (χ2v) is 8.59. The highest BCUT2D eigenvalue weighted by atomic mass is 32.2. The third-order valence-corrected chi connectivity index (χ3v) is 6.40. The molecule has 0 bridgehead atoms. The lowest BCUT2D eigenvalue weighted by Gasteiger charge is -2.26. The molecule has 152 valence electrons. The predicted octanol–water partition coefficient (Wildman–Crippen LogP) is 3.88. The Morgan fingerprint density at radius 2 is 1.67 bits per heavy atom. The van der Waals surface area contributed by atoms with E-state index >= 15 is 0 Å². The van der Waals surface area contributed by atoms with Crippen LogP contribution in [0.25, 0.3) is 27.8 Å². The third kappa shape index (κ3) is 3.82. The molecule has 3 heterocycles. The molecular formula is C23H23N5OS. The average molecular weight is 418 g/mol. The van der Waals surface area contributed by atoms with E-state index in [1.165, 1.54) is 32.4 Å². The summed E-state index contributed by atoms with van der Waals surface area (Å²) in [6.45, 7) is 3.38. The number of likely N-dealkylation sites (tertiary alicyclic amines) is 1. The van der Waals surface area contributed by atoms with Gasteiger partial charge in [0.25, 0.3) is 5.56 Å². The molecule has 0 unspecified atom stereocenters. The molecule has 7 heteroatoms. The number of aromatic nitrogens is 4. The minimum Gasteiger partial charge on any atom is -0.303 e. The molecule has 6 nitrogen and oxygen atoms in total. The molecule has 2 aromatic heterocycles. The van der Waals surface area contributed by atoms with Crippen LogP contribution < -0.4 is 5.56 Å². The summed E-state index contributed by atoms with van der Waals surface area (Å²) in [6.07, 6.45) is 3.91. The molecule has 0 aliphatic carbocycles. The molecule has 30 heavy (non-hydrogen) atoms. The zero-order valence-electron chi connectivity index (χ0n) is 16.7. The number of hydrogen-bond donors (Lipinski definition) is 0. The summed E-state index contributed by atoms with van der Waals surface area (Å²) in [5, 5.41) is 6.31. The zero-order chi connectivity index (χ0) is 20.3. The quantitative estimate of drug-likeness (QED) is 0.279. The number of hydrogen-bond acceptors (Lipinski definition) is 6. The lowest BCUT2D eigenvalue weighted by Crippen LogP contribution is -2.31. The van der Waals surface area contributed by atoms with E-state index in [1.807, 2.05) is 54.6 Å². The fourth-order valence-electron chi connectivity index (χ4n) is 3.92. The Kier molecular flexibility index (Phi) is 5.46. The molecule has 5 rings (SSSR count). The number of fused-ring (bicyclic) bond motifs is 3. The van der Waals surface area contributed by atoms with Crippen LogP contribution in [-0.4, -0.2) is 49.9 Å². The number of rotatable bonds is 5. The molecular weight excluding hydrogens is 394 g/mol. The van der Waals surface area contributed by atoms with Crippen LogP contribution in [0.15, 0.2) is 64.5 Å². The van der Waals surface area contributed by atoms with Gasteiger partial charge in [0.1, 0.15) is 0 Å². The van der Waals surface area contributed by atoms with Crippen LogP contribution in [0.4, 0.5) is 0 Å². The van der Waals surface area contributed by atoms with Crippen LogP contribution in [0.3, 0.4) is 0 Å². The molecule has 1 aliphatic rings. The van der Waals surface area contributed by atoms with E-state index in [2.05, 4.69) is 9.88 Å². The van der Waals surface area contributed by atoms with Crippen molar-refractivity contribution in [2.75, 3.05) is 25.4 Å². The fraction of sp³-hybridized carbons (Fsp3) is 0.304. The standard InChI is InChI=1S/C23H23N5OS/c29-22-20(17-9-3-1-4-10-17)26-28-21(25-22)18-11-5-6-12-19(18)24-23(28)30-16-15-27-13-7-2-8-14-27/h1,3-6,9-12H,2,7-8,13-16H2. The van der Waals surface area contributed by atoms with Crippen molar-refractivity contribution in [1.29, 1.82) is 0 Å². The summed E-state index contributed by atoms with van der Waals surface area (Å²) in [5.74, 6) is 0.926. The van der Waals surface area contributed by atoms with Crippen molar-refractivity contribution >= 4 is 28.3 Å². The summed E-state index contributed by atoms with van der Waals surface area (Å²) in [7, 11) is 0. The Morgan fingerprint density at radius 1 is 0.900 bits per heavy atom. The largest absolute Gasteiger partial charge is 0.303 e. The minimum atomic E-state index is -0.318. The summed E-state index contributed by atoms with van der Waals surface area (Å²) in [6, 6.07) is 17.3. The van der Waals surface area contributed by atoms with Gasteiger partial charge in [-0.1, -0.05) is 60.6 Å². The van der Waals surface area contributed by atoms with Gasteiger partial charge >= 0.3 is 0 Å². The van der Waals surface area contributed by atoms with Crippen LogP contribution in [0.2, 0.25) is 0 Å². The van der Waals surface area contributed by atoms with Gasteiger partial charge in [-0.15, -0.1) is 0 Å². The van der Waals surface area contributed by atoms with E-state index in [9.17, 15) is 4.79 Å². The van der Waals surface area contributed by atoms with Crippen LogP contribution in [-0.2, 0) is 0 Å². The first-order valence-electron chi connectivity index (χ1n) is 10.4. The van der Waals surface area contributed by atoms with E-state index in [-0.39, 0.29) is 5.56 Å². The minimum absolute atomic E-state index is 0.318. The third-order valence-electron chi connectivity index (χ3n) is 5.49. The normalized spacial score (nSPS) is 15.1. The topological polar surface area (TPSA) is 63.4 Å². The second-order valence-electron chi connectivity index (χ2n) is 7.53. The van der Waals surface area contributed by atoms with Gasteiger partial charge in [0, 0.05) is 23.2 Å². The van der Waals surface area contributed by atoms with Gasteiger partial charge < -0.3 is 4.90 Å². The first-order valence-corrected chi connectivity index (χ1v) is 11.4. The maximum Gasteiger partial charge on any atom is 0.300 e. The highest BCUT2D eigenvalue weighted by Crippen LogP contribution is 2.24. The van der Waals surface area contributed by atoms with E-state index in [0.29, 0.717) is 11.3 Å². The van der Waals surface area contributed by atoms with Gasteiger partial charge in [0.15, 0.2) is 16.5 Å². The Morgan fingerprint density at radius 3 is 2.50 bits per heavy atom. The zero-order valence-corrected chi connectivity index (χ0v) is 17.5. The van der Waals surface area contributed by atoms with Crippen molar-refractivity contribution in [2.45, 2.75) is 24.4 Å². The molecule has 1 aliphatic heterocycles. The Labute approximate surface area is 179 Å². The highest BCUT2D eigenvalue weighted by molar-refractivity contribution is 7.99. The molecule has 0 N–H and O–H groups in total. The number of piperidine rings is 1. The summed E-state index contributed by atoms with van der Waals surface area (Å²) in [5.41, 5.74) is 2.19. The van der Waals surface area contributed by atoms with Gasteiger partial charge in [-0.25, -0.2) is 4.98 Å². The van der Waals surface area contributed by atoms with Crippen LogP contribution in [0.5, 0.6) is 0 Å². The van der Waals surface area contributed by atoms with Crippen molar-refractivity contribution in [3.63, 3.8) is 0 Å². The number of thioether (sulfide) groups is 1. The van der Waals surface area contributed by atoms with E-state index in [1.54, 1.807) is 16.3 Å². The van der Waals surface area contributed by atoms with Crippen LogP contribution in [0, 0.1) is 0 Å². The Hall–Kier alpha value is -2.77. The average Bonchev–Trinajstić information content (AvgIpc) is 2.80. The molecule has 4 aromatic rings. The first kappa shape index (κ1) is 19.2. The molecule has 0 atom stereocenters. The molecule has 2 aromatic carbocycles. The van der Waals surface area contributed by atoms with E-state index in [4.69, 9.17) is 10.1 Å². The monoisotopic (exact) mass is 417 g/mol. The maximum atomic E-state index is 12.8. The molecule has 1 fully saturated rings. The molecule has 0 amide bonds. The van der Waals surface area contributed by atoms with E-state index < -0.39 is 0 Å². The summed E-state index contributed by atoms with van der Waals surface area (Å²) < 4.78 is 1.74. The lowest BCUT2D eigenvalue weighted by molar-refractivity contribution is 0.242. The number of nitrogens with zero attached hydrogens (tertiary/aromatic N) is 5. The Bertz CT molecular complexity index is 1240. The van der Waals surface area contributed by atoms with E-state index in [0.717, 1.165) is 33.9 Å². The van der Waals surface area contributed by atoms with Gasteiger partial charge in [-0.05, 0) is 38.1 Å². The fourth-order valence-corrected chi connectivity index (χ4v) is 4.87. The SMILES string of the molecule is O=c1nc2c3ccccc3nc(SCCN3CCCCC3)n2nc1-c1ccccc1. The summed E-state index contributed by atoms with van der Waals surface area (Å²) in [4.78, 5) is 24.6.